The highest BCUT2D eigenvalue weighted by molar-refractivity contribution is 5.77. The zero-order valence-corrected chi connectivity index (χ0v) is 14.6. The summed E-state index contributed by atoms with van der Waals surface area (Å²) in [5.74, 6) is 0.711. The van der Waals surface area contributed by atoms with Gasteiger partial charge < -0.3 is 19.5 Å². The van der Waals surface area contributed by atoms with Crippen molar-refractivity contribution in [1.82, 2.24) is 5.32 Å². The van der Waals surface area contributed by atoms with Gasteiger partial charge in [0.2, 0.25) is 0 Å². The Balaban J connectivity index is 1.50. The molecule has 1 N–H and O–H groups in total. The van der Waals surface area contributed by atoms with Crippen LogP contribution in [0.4, 0.5) is 0 Å². The highest BCUT2D eigenvalue weighted by atomic mass is 16.5. The van der Waals surface area contributed by atoms with Gasteiger partial charge in [-0.2, -0.15) is 0 Å². The number of hydrogen-bond acceptors (Lipinski definition) is 4. The first-order chi connectivity index (χ1) is 11.6. The van der Waals surface area contributed by atoms with Crippen LogP contribution in [0.3, 0.4) is 0 Å². The minimum absolute atomic E-state index is 0.0533. The van der Waals surface area contributed by atoms with Crippen LogP contribution in [-0.4, -0.2) is 44.0 Å². The first-order valence-electron chi connectivity index (χ1n) is 8.78. The summed E-state index contributed by atoms with van der Waals surface area (Å²) in [6.45, 7) is 6.29. The highest BCUT2D eigenvalue weighted by Gasteiger charge is 2.39. The lowest BCUT2D eigenvalue weighted by molar-refractivity contribution is -0.144. The summed E-state index contributed by atoms with van der Waals surface area (Å²) in [4.78, 5) is 12.3. The quantitative estimate of drug-likeness (QED) is 0.920. The summed E-state index contributed by atoms with van der Waals surface area (Å²) in [6.07, 6.45) is 3.56. The SMILES string of the molecule is Cc1cccc(OCC(=O)N[C@H]2CCOC3(CCOCC3)C2)c1C. The highest BCUT2D eigenvalue weighted by Crippen LogP contribution is 2.34. The van der Waals surface area contributed by atoms with Crippen molar-refractivity contribution in [3.05, 3.63) is 29.3 Å². The van der Waals surface area contributed by atoms with E-state index >= 15 is 0 Å². The predicted molar refractivity (Wildman–Crippen MR) is 91.3 cm³/mol. The van der Waals surface area contributed by atoms with Crippen LogP contribution >= 0.6 is 0 Å². The van der Waals surface area contributed by atoms with E-state index in [4.69, 9.17) is 14.2 Å². The Bertz CT molecular complexity index is 575. The monoisotopic (exact) mass is 333 g/mol. The molecular weight excluding hydrogens is 306 g/mol. The lowest BCUT2D eigenvalue weighted by Crippen LogP contribution is -2.51. The average Bonchev–Trinajstić information content (AvgIpc) is 2.57. The van der Waals surface area contributed by atoms with Gasteiger partial charge in [-0.3, -0.25) is 4.79 Å². The fraction of sp³-hybridized carbons (Fsp3) is 0.632. The minimum atomic E-state index is -0.109. The van der Waals surface area contributed by atoms with Gasteiger partial charge in [-0.15, -0.1) is 0 Å². The van der Waals surface area contributed by atoms with Crippen LogP contribution < -0.4 is 10.1 Å². The van der Waals surface area contributed by atoms with Crippen molar-refractivity contribution in [3.8, 4) is 5.75 Å². The molecule has 0 unspecified atom stereocenters. The third-order valence-electron chi connectivity index (χ3n) is 5.18. The third-order valence-corrected chi connectivity index (χ3v) is 5.18. The van der Waals surface area contributed by atoms with Gasteiger partial charge in [0.05, 0.1) is 5.60 Å². The van der Waals surface area contributed by atoms with Gasteiger partial charge in [0.15, 0.2) is 6.61 Å². The molecule has 1 atom stereocenters. The molecule has 2 aliphatic rings. The largest absolute Gasteiger partial charge is 0.483 e. The van der Waals surface area contributed by atoms with Gasteiger partial charge in [0.1, 0.15) is 5.75 Å². The molecule has 1 spiro atoms. The molecule has 3 rings (SSSR count). The number of aryl methyl sites for hydroxylation is 1. The summed E-state index contributed by atoms with van der Waals surface area (Å²) in [5.41, 5.74) is 2.14. The molecule has 2 saturated heterocycles. The Kier molecular flexibility index (Phi) is 5.41. The molecule has 5 heteroatoms. The van der Waals surface area contributed by atoms with Crippen LogP contribution in [-0.2, 0) is 14.3 Å². The molecule has 1 aromatic rings. The smallest absolute Gasteiger partial charge is 0.258 e. The molecule has 0 saturated carbocycles. The summed E-state index contributed by atoms with van der Waals surface area (Å²) in [5, 5.41) is 3.11. The number of ether oxygens (including phenoxy) is 3. The average molecular weight is 333 g/mol. The van der Waals surface area contributed by atoms with E-state index in [2.05, 4.69) is 5.32 Å². The Labute approximate surface area is 143 Å². The Morgan fingerprint density at radius 2 is 2.08 bits per heavy atom. The normalized spacial score (nSPS) is 23.0. The lowest BCUT2D eigenvalue weighted by atomic mass is 9.84. The van der Waals surface area contributed by atoms with E-state index in [0.29, 0.717) is 6.61 Å². The Morgan fingerprint density at radius 3 is 2.88 bits per heavy atom. The zero-order chi connectivity index (χ0) is 17.0. The van der Waals surface area contributed by atoms with E-state index in [-0.39, 0.29) is 24.2 Å². The molecule has 132 valence electrons. The summed E-state index contributed by atoms with van der Waals surface area (Å²) in [6, 6.07) is 6.05. The third kappa shape index (κ3) is 4.08. The second-order valence-corrected chi connectivity index (χ2v) is 6.89. The molecule has 1 amide bonds. The van der Waals surface area contributed by atoms with E-state index in [9.17, 15) is 4.79 Å². The molecule has 2 aliphatic heterocycles. The van der Waals surface area contributed by atoms with Crippen molar-refractivity contribution in [2.24, 2.45) is 0 Å². The van der Waals surface area contributed by atoms with Crippen molar-refractivity contribution in [3.63, 3.8) is 0 Å². The zero-order valence-electron chi connectivity index (χ0n) is 14.6. The number of nitrogens with one attached hydrogen (secondary N) is 1. The Hall–Kier alpha value is -1.59. The molecule has 0 aliphatic carbocycles. The number of hydrogen-bond donors (Lipinski definition) is 1. The second-order valence-electron chi connectivity index (χ2n) is 6.89. The topological polar surface area (TPSA) is 56.8 Å². The molecular formula is C19H27NO4. The van der Waals surface area contributed by atoms with Crippen LogP contribution in [0.2, 0.25) is 0 Å². The molecule has 2 heterocycles. The fourth-order valence-electron chi connectivity index (χ4n) is 3.54. The van der Waals surface area contributed by atoms with Crippen molar-refractivity contribution >= 4 is 5.91 Å². The van der Waals surface area contributed by atoms with Crippen LogP contribution in [0.5, 0.6) is 5.75 Å². The first kappa shape index (κ1) is 17.2. The van der Waals surface area contributed by atoms with Crippen molar-refractivity contribution in [1.29, 1.82) is 0 Å². The maximum atomic E-state index is 12.3. The summed E-state index contributed by atoms with van der Waals surface area (Å²) < 4.78 is 17.1. The van der Waals surface area contributed by atoms with E-state index in [1.54, 1.807) is 0 Å². The fourth-order valence-corrected chi connectivity index (χ4v) is 3.54. The van der Waals surface area contributed by atoms with Gasteiger partial charge in [-0.25, -0.2) is 0 Å². The second kappa shape index (κ2) is 7.53. The van der Waals surface area contributed by atoms with Crippen LogP contribution in [0.25, 0.3) is 0 Å². The first-order valence-corrected chi connectivity index (χ1v) is 8.78. The molecule has 0 bridgehead atoms. The molecule has 24 heavy (non-hydrogen) atoms. The van der Waals surface area contributed by atoms with Crippen molar-refractivity contribution < 1.29 is 19.0 Å². The molecule has 0 aromatic heterocycles. The Morgan fingerprint density at radius 1 is 1.29 bits per heavy atom. The van der Waals surface area contributed by atoms with Crippen LogP contribution in [0.15, 0.2) is 18.2 Å². The van der Waals surface area contributed by atoms with Gasteiger partial charge in [-0.05, 0) is 56.7 Å². The van der Waals surface area contributed by atoms with E-state index in [1.807, 2.05) is 32.0 Å². The van der Waals surface area contributed by atoms with Gasteiger partial charge in [0.25, 0.3) is 5.91 Å². The van der Waals surface area contributed by atoms with E-state index < -0.39 is 0 Å². The van der Waals surface area contributed by atoms with Gasteiger partial charge in [-0.1, -0.05) is 12.1 Å². The maximum Gasteiger partial charge on any atom is 0.258 e. The minimum Gasteiger partial charge on any atom is -0.483 e. The van der Waals surface area contributed by atoms with E-state index in [0.717, 1.165) is 50.2 Å². The van der Waals surface area contributed by atoms with E-state index in [1.165, 1.54) is 5.56 Å². The number of rotatable bonds is 4. The predicted octanol–water partition coefficient (Wildman–Crippen LogP) is 2.53. The number of carbonyl (C=O) groups is 1. The number of carbonyl (C=O) groups excluding carboxylic acids is 1. The lowest BCUT2D eigenvalue weighted by Gasteiger charge is -2.43. The van der Waals surface area contributed by atoms with Crippen LogP contribution in [0, 0.1) is 13.8 Å². The molecule has 5 nitrogen and oxygen atoms in total. The number of amides is 1. The molecule has 1 aromatic carbocycles. The molecule has 2 fully saturated rings. The van der Waals surface area contributed by atoms with Crippen molar-refractivity contribution in [2.45, 2.75) is 51.2 Å². The standard InChI is InChI=1S/C19H27NO4/c1-14-4-3-5-17(15(14)2)23-13-18(21)20-16-6-9-24-19(12-16)7-10-22-11-8-19/h3-5,16H,6-13H2,1-2H3,(H,20,21)/t16-/m0/s1. The van der Waals surface area contributed by atoms with Gasteiger partial charge >= 0.3 is 0 Å². The summed E-state index contributed by atoms with van der Waals surface area (Å²) >= 11 is 0. The maximum absolute atomic E-state index is 12.3. The van der Waals surface area contributed by atoms with Crippen molar-refractivity contribution in [2.75, 3.05) is 26.4 Å². The summed E-state index contributed by atoms with van der Waals surface area (Å²) in [7, 11) is 0. The van der Waals surface area contributed by atoms with Gasteiger partial charge in [0, 0.05) is 25.9 Å². The molecule has 0 radical (unpaired) electrons. The van der Waals surface area contributed by atoms with Crippen LogP contribution in [0.1, 0.15) is 36.8 Å². The number of benzene rings is 1.